The minimum absolute atomic E-state index is 0.328. The van der Waals surface area contributed by atoms with Crippen LogP contribution in [0.4, 0.5) is 5.69 Å². The summed E-state index contributed by atoms with van der Waals surface area (Å²) in [6, 6.07) is 12.3. The van der Waals surface area contributed by atoms with Gasteiger partial charge in [-0.1, -0.05) is 12.1 Å². The Hall–Kier alpha value is -1.74. The van der Waals surface area contributed by atoms with E-state index in [0.29, 0.717) is 5.41 Å². The van der Waals surface area contributed by atoms with E-state index in [1.54, 1.807) is 6.26 Å². The Labute approximate surface area is 114 Å². The van der Waals surface area contributed by atoms with Crippen LogP contribution in [0.25, 0.3) is 0 Å². The fraction of sp³-hybridized carbons (Fsp3) is 0.375. The summed E-state index contributed by atoms with van der Waals surface area (Å²) in [5.74, 6) is 1.02. The fourth-order valence-corrected chi connectivity index (χ4v) is 2.77. The van der Waals surface area contributed by atoms with E-state index in [2.05, 4.69) is 24.1 Å². The molecule has 100 valence electrons. The van der Waals surface area contributed by atoms with E-state index in [1.807, 2.05) is 24.3 Å². The summed E-state index contributed by atoms with van der Waals surface area (Å²) in [4.78, 5) is 2.34. The minimum atomic E-state index is 0.328. The highest BCUT2D eigenvalue weighted by molar-refractivity contribution is 5.43. The van der Waals surface area contributed by atoms with Crippen molar-refractivity contribution in [3.63, 3.8) is 0 Å². The second kappa shape index (κ2) is 4.74. The number of benzene rings is 1. The molecular weight excluding hydrogens is 236 g/mol. The Bertz CT molecular complexity index is 526. The van der Waals surface area contributed by atoms with Crippen LogP contribution in [0.15, 0.2) is 47.1 Å². The first-order chi connectivity index (χ1) is 9.18. The molecule has 0 saturated heterocycles. The van der Waals surface area contributed by atoms with E-state index >= 15 is 0 Å². The first kappa shape index (κ1) is 12.3. The zero-order valence-electron chi connectivity index (χ0n) is 11.3. The molecule has 0 radical (unpaired) electrons. The molecular formula is C16H20N2O. The van der Waals surface area contributed by atoms with Gasteiger partial charge in [0.1, 0.15) is 5.76 Å². The SMILES string of the molecule is CN(Cc1ccco1)CC1(c2ccc(N)cc2)CC1. The van der Waals surface area contributed by atoms with Crippen LogP contribution in [0.2, 0.25) is 0 Å². The molecule has 0 spiro atoms. The lowest BCUT2D eigenvalue weighted by Crippen LogP contribution is -2.28. The number of nitrogens with zero attached hydrogens (tertiary/aromatic N) is 1. The van der Waals surface area contributed by atoms with Gasteiger partial charge in [0, 0.05) is 17.6 Å². The molecule has 2 aromatic rings. The minimum Gasteiger partial charge on any atom is -0.468 e. The second-order valence-corrected chi connectivity index (χ2v) is 5.65. The maximum absolute atomic E-state index is 5.76. The average molecular weight is 256 g/mol. The van der Waals surface area contributed by atoms with E-state index in [0.717, 1.165) is 24.5 Å². The van der Waals surface area contributed by atoms with Crippen molar-refractivity contribution in [2.75, 3.05) is 19.3 Å². The molecule has 1 heterocycles. The zero-order valence-corrected chi connectivity index (χ0v) is 11.3. The van der Waals surface area contributed by atoms with Crippen molar-refractivity contribution in [1.29, 1.82) is 0 Å². The maximum atomic E-state index is 5.76. The van der Waals surface area contributed by atoms with Gasteiger partial charge in [-0.3, -0.25) is 4.90 Å². The number of anilines is 1. The quantitative estimate of drug-likeness (QED) is 0.836. The van der Waals surface area contributed by atoms with Gasteiger partial charge in [-0.25, -0.2) is 0 Å². The molecule has 0 bridgehead atoms. The molecule has 0 aliphatic heterocycles. The van der Waals surface area contributed by atoms with Crippen LogP contribution in [-0.2, 0) is 12.0 Å². The van der Waals surface area contributed by atoms with E-state index in [-0.39, 0.29) is 0 Å². The van der Waals surface area contributed by atoms with Gasteiger partial charge in [0.2, 0.25) is 0 Å². The standard InChI is InChI=1S/C16H20N2O/c1-18(11-15-3-2-10-19-15)12-16(8-9-16)13-4-6-14(17)7-5-13/h2-7,10H,8-9,11-12,17H2,1H3. The molecule has 1 aromatic heterocycles. The predicted molar refractivity (Wildman–Crippen MR) is 76.8 cm³/mol. The van der Waals surface area contributed by atoms with Gasteiger partial charge < -0.3 is 10.2 Å². The third kappa shape index (κ3) is 2.66. The lowest BCUT2D eigenvalue weighted by molar-refractivity contribution is 0.270. The van der Waals surface area contributed by atoms with Crippen LogP contribution in [0, 0.1) is 0 Å². The Morgan fingerprint density at radius 3 is 2.53 bits per heavy atom. The van der Waals surface area contributed by atoms with Gasteiger partial charge in [-0.15, -0.1) is 0 Å². The highest BCUT2D eigenvalue weighted by Gasteiger charge is 2.44. The number of furan rings is 1. The molecule has 3 heteroatoms. The van der Waals surface area contributed by atoms with Crippen molar-refractivity contribution in [1.82, 2.24) is 4.90 Å². The number of nitrogen functional groups attached to an aromatic ring is 1. The van der Waals surface area contributed by atoms with Crippen molar-refractivity contribution >= 4 is 5.69 Å². The number of hydrogen-bond donors (Lipinski definition) is 1. The van der Waals surface area contributed by atoms with Crippen molar-refractivity contribution in [3.05, 3.63) is 54.0 Å². The van der Waals surface area contributed by atoms with Crippen LogP contribution in [-0.4, -0.2) is 18.5 Å². The molecule has 3 nitrogen and oxygen atoms in total. The monoisotopic (exact) mass is 256 g/mol. The van der Waals surface area contributed by atoms with Crippen molar-refractivity contribution < 1.29 is 4.42 Å². The molecule has 2 N–H and O–H groups in total. The normalized spacial score (nSPS) is 16.7. The summed E-state index contributed by atoms with van der Waals surface area (Å²) in [6.07, 6.45) is 4.26. The lowest BCUT2D eigenvalue weighted by Gasteiger charge is -2.23. The Kier molecular flexibility index (Phi) is 3.07. The summed E-state index contributed by atoms with van der Waals surface area (Å²) in [5.41, 5.74) is 8.33. The van der Waals surface area contributed by atoms with Gasteiger partial charge in [-0.05, 0) is 49.7 Å². The van der Waals surface area contributed by atoms with Crippen LogP contribution < -0.4 is 5.73 Å². The van der Waals surface area contributed by atoms with Crippen LogP contribution in [0.1, 0.15) is 24.2 Å². The van der Waals surface area contributed by atoms with E-state index in [4.69, 9.17) is 10.2 Å². The molecule has 0 atom stereocenters. The van der Waals surface area contributed by atoms with Crippen molar-refractivity contribution in [3.8, 4) is 0 Å². The van der Waals surface area contributed by atoms with Crippen LogP contribution in [0.3, 0.4) is 0 Å². The molecule has 1 aromatic carbocycles. The average Bonchev–Trinajstić information content (AvgIpc) is 2.98. The van der Waals surface area contributed by atoms with E-state index in [9.17, 15) is 0 Å². The number of nitrogens with two attached hydrogens (primary N) is 1. The second-order valence-electron chi connectivity index (χ2n) is 5.65. The number of rotatable bonds is 5. The molecule has 1 aliphatic rings. The van der Waals surface area contributed by atoms with Gasteiger partial charge in [-0.2, -0.15) is 0 Å². The zero-order chi connectivity index (χ0) is 13.3. The third-order valence-electron chi connectivity index (χ3n) is 3.96. The molecule has 19 heavy (non-hydrogen) atoms. The Morgan fingerprint density at radius 2 is 1.95 bits per heavy atom. The maximum Gasteiger partial charge on any atom is 0.117 e. The number of likely N-dealkylation sites (N-methyl/N-ethyl adjacent to an activating group) is 1. The van der Waals surface area contributed by atoms with Gasteiger partial charge in [0.05, 0.1) is 12.8 Å². The number of hydrogen-bond acceptors (Lipinski definition) is 3. The van der Waals surface area contributed by atoms with Gasteiger partial charge in [0.25, 0.3) is 0 Å². The van der Waals surface area contributed by atoms with Gasteiger partial charge in [0.15, 0.2) is 0 Å². The van der Waals surface area contributed by atoms with Crippen molar-refractivity contribution in [2.24, 2.45) is 0 Å². The summed E-state index contributed by atoms with van der Waals surface area (Å²) >= 11 is 0. The van der Waals surface area contributed by atoms with Gasteiger partial charge >= 0.3 is 0 Å². The van der Waals surface area contributed by atoms with Crippen molar-refractivity contribution in [2.45, 2.75) is 24.8 Å². The summed E-state index contributed by atoms with van der Waals surface area (Å²) < 4.78 is 5.40. The van der Waals surface area contributed by atoms with Crippen LogP contribution >= 0.6 is 0 Å². The first-order valence-electron chi connectivity index (χ1n) is 6.75. The third-order valence-corrected chi connectivity index (χ3v) is 3.96. The van der Waals surface area contributed by atoms with E-state index in [1.165, 1.54) is 18.4 Å². The summed E-state index contributed by atoms with van der Waals surface area (Å²) in [6.45, 7) is 1.93. The highest BCUT2D eigenvalue weighted by Crippen LogP contribution is 2.48. The van der Waals surface area contributed by atoms with Crippen LogP contribution in [0.5, 0.6) is 0 Å². The Morgan fingerprint density at radius 1 is 1.21 bits per heavy atom. The van der Waals surface area contributed by atoms with E-state index < -0.39 is 0 Å². The summed E-state index contributed by atoms with van der Waals surface area (Å²) in [7, 11) is 2.15. The lowest BCUT2D eigenvalue weighted by atomic mass is 9.95. The fourth-order valence-electron chi connectivity index (χ4n) is 2.77. The topological polar surface area (TPSA) is 42.4 Å². The highest BCUT2D eigenvalue weighted by atomic mass is 16.3. The predicted octanol–water partition coefficient (Wildman–Crippen LogP) is 3.03. The largest absolute Gasteiger partial charge is 0.468 e. The Balaban J connectivity index is 1.67. The smallest absolute Gasteiger partial charge is 0.117 e. The molecule has 3 rings (SSSR count). The molecule has 1 aliphatic carbocycles. The molecule has 0 amide bonds. The molecule has 1 saturated carbocycles. The molecule has 1 fully saturated rings. The first-order valence-corrected chi connectivity index (χ1v) is 6.75. The summed E-state index contributed by atoms with van der Waals surface area (Å²) in [5, 5.41) is 0. The molecule has 0 unspecified atom stereocenters.